The van der Waals surface area contributed by atoms with Crippen LogP contribution >= 0.6 is 0 Å². The minimum atomic E-state index is -3.74. The first kappa shape index (κ1) is 18.7. The molecule has 2 aliphatic heterocycles. The lowest BCUT2D eigenvalue weighted by atomic mass is 9.97. The lowest BCUT2D eigenvalue weighted by Gasteiger charge is -2.47. The number of methoxy groups -OCH3 is 2. The van der Waals surface area contributed by atoms with Gasteiger partial charge in [0.15, 0.2) is 18.7 Å². The highest BCUT2D eigenvalue weighted by Gasteiger charge is 2.52. The largest absolute Gasteiger partial charge is 0.376 e. The average molecular weight is 374 g/mol. The molecule has 2 aliphatic rings. The van der Waals surface area contributed by atoms with Crippen LogP contribution in [0.2, 0.25) is 0 Å². The molecule has 0 aromatic heterocycles. The van der Waals surface area contributed by atoms with Crippen LogP contribution in [0.15, 0.2) is 30.3 Å². The van der Waals surface area contributed by atoms with Crippen LogP contribution in [0.1, 0.15) is 11.9 Å². The van der Waals surface area contributed by atoms with Gasteiger partial charge in [-0.3, -0.25) is 4.18 Å². The van der Waals surface area contributed by atoms with Crippen molar-refractivity contribution in [3.8, 4) is 0 Å². The van der Waals surface area contributed by atoms with E-state index in [4.69, 9.17) is 27.9 Å². The minimum Gasteiger partial charge on any atom is -0.376 e. The van der Waals surface area contributed by atoms with E-state index in [1.807, 2.05) is 30.3 Å². The normalized spacial score (nSPS) is 36.0. The molecule has 0 amide bonds. The quantitative estimate of drug-likeness (QED) is 0.700. The zero-order chi connectivity index (χ0) is 18.0. The number of fused-ring (bicyclic) bond motifs is 1. The first-order valence-corrected chi connectivity index (χ1v) is 9.66. The first-order valence-electron chi connectivity index (χ1n) is 7.84. The zero-order valence-corrected chi connectivity index (χ0v) is 15.0. The Bertz CT molecular complexity index is 664. The predicted molar refractivity (Wildman–Crippen MR) is 86.2 cm³/mol. The molecular weight excluding hydrogens is 352 g/mol. The molecule has 0 saturated carbocycles. The van der Waals surface area contributed by atoms with Crippen molar-refractivity contribution in [2.24, 2.45) is 0 Å². The third-order valence-electron chi connectivity index (χ3n) is 4.15. The lowest BCUT2D eigenvalue weighted by Crippen LogP contribution is -2.63. The van der Waals surface area contributed by atoms with Crippen molar-refractivity contribution < 1.29 is 36.3 Å². The number of benzene rings is 1. The summed E-state index contributed by atoms with van der Waals surface area (Å²) in [6, 6.07) is 9.44. The number of rotatable bonds is 5. The van der Waals surface area contributed by atoms with Gasteiger partial charge >= 0.3 is 0 Å². The van der Waals surface area contributed by atoms with Crippen molar-refractivity contribution in [3.05, 3.63) is 35.9 Å². The Kier molecular flexibility index (Phi) is 5.74. The maximum atomic E-state index is 11.6. The molecule has 0 bridgehead atoms. The highest BCUT2D eigenvalue weighted by atomic mass is 32.2. The fraction of sp³-hybridized carbons (Fsp3) is 0.625. The van der Waals surface area contributed by atoms with Gasteiger partial charge in [-0.15, -0.1) is 0 Å². The zero-order valence-electron chi connectivity index (χ0n) is 14.2. The van der Waals surface area contributed by atoms with Gasteiger partial charge < -0.3 is 23.7 Å². The van der Waals surface area contributed by atoms with Crippen LogP contribution in [0, 0.1) is 0 Å². The summed E-state index contributed by atoms with van der Waals surface area (Å²) in [6.07, 6.45) is -3.26. The Morgan fingerprint density at radius 2 is 1.76 bits per heavy atom. The molecule has 0 spiro atoms. The molecule has 2 saturated heterocycles. The topological polar surface area (TPSA) is 89.5 Å². The summed E-state index contributed by atoms with van der Waals surface area (Å²) >= 11 is 0. The fourth-order valence-corrected chi connectivity index (χ4v) is 3.69. The summed E-state index contributed by atoms with van der Waals surface area (Å²) in [4.78, 5) is 0. The molecule has 0 aliphatic carbocycles. The molecule has 1 aromatic carbocycles. The Balaban J connectivity index is 1.83. The first-order chi connectivity index (χ1) is 11.9. The average Bonchev–Trinajstić information content (AvgIpc) is 2.60. The maximum absolute atomic E-state index is 11.6. The van der Waals surface area contributed by atoms with Crippen LogP contribution in [0.5, 0.6) is 0 Å². The molecule has 2 fully saturated rings. The van der Waals surface area contributed by atoms with Gasteiger partial charge in [-0.1, -0.05) is 30.3 Å². The second kappa shape index (κ2) is 7.67. The van der Waals surface area contributed by atoms with Crippen molar-refractivity contribution in [2.45, 2.75) is 37.0 Å². The summed E-state index contributed by atoms with van der Waals surface area (Å²) in [5.41, 5.74) is 0.852. The Labute approximate surface area is 147 Å². The van der Waals surface area contributed by atoms with E-state index in [0.717, 1.165) is 11.8 Å². The van der Waals surface area contributed by atoms with Gasteiger partial charge in [0.05, 0.1) is 12.9 Å². The molecule has 25 heavy (non-hydrogen) atoms. The van der Waals surface area contributed by atoms with Crippen LogP contribution in [0.4, 0.5) is 0 Å². The van der Waals surface area contributed by atoms with Crippen molar-refractivity contribution in [3.63, 3.8) is 0 Å². The Morgan fingerprint density at radius 3 is 2.36 bits per heavy atom. The van der Waals surface area contributed by atoms with Crippen molar-refractivity contribution in [1.82, 2.24) is 0 Å². The molecule has 6 atom stereocenters. The summed E-state index contributed by atoms with van der Waals surface area (Å²) in [5, 5.41) is 0. The summed E-state index contributed by atoms with van der Waals surface area (Å²) in [7, 11) is -0.863. The van der Waals surface area contributed by atoms with Gasteiger partial charge in [-0.25, -0.2) is 0 Å². The third-order valence-corrected chi connectivity index (χ3v) is 4.72. The monoisotopic (exact) mass is 374 g/mol. The highest BCUT2D eigenvalue weighted by molar-refractivity contribution is 7.86. The van der Waals surface area contributed by atoms with Gasteiger partial charge in [0.25, 0.3) is 10.1 Å². The van der Waals surface area contributed by atoms with E-state index in [9.17, 15) is 8.42 Å². The van der Waals surface area contributed by atoms with Gasteiger partial charge in [-0.05, 0) is 0 Å². The second-order valence-corrected chi connectivity index (χ2v) is 7.52. The third kappa shape index (κ3) is 4.20. The molecular formula is C16H22O8S. The maximum Gasteiger partial charge on any atom is 0.264 e. The van der Waals surface area contributed by atoms with E-state index in [2.05, 4.69) is 0 Å². The van der Waals surface area contributed by atoms with Gasteiger partial charge in [0.1, 0.15) is 18.3 Å². The second-order valence-electron chi connectivity index (χ2n) is 5.92. The van der Waals surface area contributed by atoms with E-state index in [0.29, 0.717) is 0 Å². The molecule has 0 unspecified atom stereocenters. The Morgan fingerprint density at radius 1 is 1.04 bits per heavy atom. The standard InChI is InChI=1S/C16H22O8S/c1-19-13-12-11(22-16(20-2)14(13)24-25(3,17)18)9-21-15(23-12)10-7-5-4-6-8-10/h4-8,11-16H,9H2,1-3H3/t11-,12-,13-,14-,15+,16+/m1/s1. The minimum absolute atomic E-state index is 0.259. The van der Waals surface area contributed by atoms with Crippen LogP contribution in [-0.4, -0.2) is 66.2 Å². The summed E-state index contributed by atoms with van der Waals surface area (Å²) in [6.45, 7) is 0.259. The molecule has 0 radical (unpaired) electrons. The molecule has 0 N–H and O–H groups in total. The van der Waals surface area contributed by atoms with Crippen LogP contribution < -0.4 is 0 Å². The molecule has 140 valence electrons. The van der Waals surface area contributed by atoms with Crippen molar-refractivity contribution >= 4 is 10.1 Å². The van der Waals surface area contributed by atoms with E-state index in [1.54, 1.807) is 0 Å². The molecule has 3 rings (SSSR count). The molecule has 8 nitrogen and oxygen atoms in total. The fourth-order valence-electron chi connectivity index (χ4n) is 3.09. The Hall–Kier alpha value is -1.07. The van der Waals surface area contributed by atoms with E-state index < -0.39 is 47.1 Å². The number of ether oxygens (including phenoxy) is 5. The molecule has 2 heterocycles. The smallest absolute Gasteiger partial charge is 0.264 e. The predicted octanol–water partition coefficient (Wildman–Crippen LogP) is 0.832. The van der Waals surface area contributed by atoms with Gasteiger partial charge in [0.2, 0.25) is 0 Å². The molecule has 1 aromatic rings. The van der Waals surface area contributed by atoms with Crippen molar-refractivity contribution in [1.29, 1.82) is 0 Å². The molecule has 9 heteroatoms. The number of hydrogen-bond donors (Lipinski definition) is 0. The van der Waals surface area contributed by atoms with E-state index in [-0.39, 0.29) is 6.61 Å². The highest BCUT2D eigenvalue weighted by Crippen LogP contribution is 2.36. The van der Waals surface area contributed by atoms with E-state index >= 15 is 0 Å². The van der Waals surface area contributed by atoms with Gasteiger partial charge in [0, 0.05) is 19.8 Å². The summed E-state index contributed by atoms with van der Waals surface area (Å²) in [5.74, 6) is 0. The van der Waals surface area contributed by atoms with Gasteiger partial charge in [-0.2, -0.15) is 8.42 Å². The SMILES string of the molecule is CO[C@H]1O[C@@H]2CO[C@H](c3ccccc3)O[C@H]2[C@@H](OC)[C@H]1OS(C)(=O)=O. The van der Waals surface area contributed by atoms with Crippen LogP contribution in [0.3, 0.4) is 0 Å². The van der Waals surface area contributed by atoms with E-state index in [1.165, 1.54) is 14.2 Å². The van der Waals surface area contributed by atoms with Crippen molar-refractivity contribution in [2.75, 3.05) is 27.1 Å². The lowest BCUT2D eigenvalue weighted by molar-refractivity contribution is -0.357. The number of hydrogen-bond acceptors (Lipinski definition) is 8. The van der Waals surface area contributed by atoms with Crippen LogP contribution in [0.25, 0.3) is 0 Å². The van der Waals surface area contributed by atoms with Crippen LogP contribution in [-0.2, 0) is 38.0 Å². The summed E-state index contributed by atoms with van der Waals surface area (Å²) < 4.78 is 56.7.